The van der Waals surface area contributed by atoms with Gasteiger partial charge in [0, 0.05) is 19.2 Å². The third-order valence-corrected chi connectivity index (χ3v) is 2.61. The maximum absolute atomic E-state index is 10.8. The third-order valence-electron chi connectivity index (χ3n) is 2.05. The minimum Gasteiger partial charge on any atom is -0.294 e. The molecule has 5 nitrogen and oxygen atoms in total. The largest absolute Gasteiger partial charge is 0.294 e. The molecule has 0 atom stereocenters. The summed E-state index contributed by atoms with van der Waals surface area (Å²) in [4.78, 5) is 10.8. The molecule has 0 aliphatic heterocycles. The van der Waals surface area contributed by atoms with E-state index < -0.39 is 0 Å². The average molecular weight is 322 g/mol. The molecule has 1 aromatic heterocycles. The van der Waals surface area contributed by atoms with Gasteiger partial charge in [0.2, 0.25) is 5.91 Å². The lowest BCUT2D eigenvalue weighted by Gasteiger charge is -2.01. The van der Waals surface area contributed by atoms with Gasteiger partial charge in [-0.3, -0.25) is 14.9 Å². The van der Waals surface area contributed by atoms with Gasteiger partial charge in [-0.15, -0.1) is 0 Å². The van der Waals surface area contributed by atoms with Crippen LogP contribution in [0.15, 0.2) is 12.4 Å². The molecule has 0 saturated heterocycles. The molecule has 0 saturated carbocycles. The maximum atomic E-state index is 10.8. The van der Waals surface area contributed by atoms with Crippen molar-refractivity contribution in [3.05, 3.63) is 16.0 Å². The van der Waals surface area contributed by atoms with Gasteiger partial charge in [-0.05, 0) is 35.4 Å². The quantitative estimate of drug-likeness (QED) is 0.270. The first-order chi connectivity index (χ1) is 7.22. The summed E-state index contributed by atoms with van der Waals surface area (Å²) >= 11 is 2.23. The Morgan fingerprint density at radius 2 is 2.33 bits per heavy atom. The van der Waals surface area contributed by atoms with Gasteiger partial charge in [0.25, 0.3) is 0 Å². The molecule has 15 heavy (non-hydrogen) atoms. The normalized spacial score (nSPS) is 10.3. The molecule has 0 radical (unpaired) electrons. The molecule has 0 bridgehead atoms. The smallest absolute Gasteiger partial charge is 0.233 e. The van der Waals surface area contributed by atoms with Gasteiger partial charge in [-0.1, -0.05) is 6.42 Å². The van der Waals surface area contributed by atoms with Crippen LogP contribution in [0.4, 0.5) is 0 Å². The molecule has 1 rings (SSSR count). The zero-order chi connectivity index (χ0) is 11.1. The summed E-state index contributed by atoms with van der Waals surface area (Å²) in [5, 5.41) is 4.17. The topological polar surface area (TPSA) is 72.9 Å². The Labute approximate surface area is 103 Å². The van der Waals surface area contributed by atoms with E-state index in [9.17, 15) is 4.79 Å². The summed E-state index contributed by atoms with van der Waals surface area (Å²) in [6, 6.07) is 0. The molecular formula is C9H15IN4O. The predicted octanol–water partition coefficient (Wildman–Crippen LogP) is 1.04. The van der Waals surface area contributed by atoms with Gasteiger partial charge in [0.1, 0.15) is 0 Å². The van der Waals surface area contributed by atoms with Gasteiger partial charge in [0.15, 0.2) is 0 Å². The van der Waals surface area contributed by atoms with Crippen LogP contribution in [0.3, 0.4) is 0 Å². The van der Waals surface area contributed by atoms with Gasteiger partial charge >= 0.3 is 0 Å². The molecule has 6 heteroatoms. The van der Waals surface area contributed by atoms with Crippen molar-refractivity contribution in [2.75, 3.05) is 0 Å². The number of halogens is 1. The Morgan fingerprint density at radius 1 is 1.53 bits per heavy atom. The van der Waals surface area contributed by atoms with E-state index >= 15 is 0 Å². The Kier molecular flexibility index (Phi) is 5.62. The van der Waals surface area contributed by atoms with Gasteiger partial charge in [-0.2, -0.15) is 5.10 Å². The van der Waals surface area contributed by atoms with E-state index in [4.69, 9.17) is 5.84 Å². The Balaban J connectivity index is 2.05. The van der Waals surface area contributed by atoms with Crippen LogP contribution >= 0.6 is 22.6 Å². The molecule has 0 unspecified atom stereocenters. The number of nitrogens with two attached hydrogens (primary N) is 1. The zero-order valence-corrected chi connectivity index (χ0v) is 10.6. The molecule has 0 aliphatic carbocycles. The Hall–Kier alpha value is -0.630. The summed E-state index contributed by atoms with van der Waals surface area (Å²) in [7, 11) is 0. The van der Waals surface area contributed by atoms with Crippen LogP contribution in [0, 0.1) is 3.57 Å². The van der Waals surface area contributed by atoms with Crippen molar-refractivity contribution >= 4 is 28.5 Å². The lowest BCUT2D eigenvalue weighted by molar-refractivity contribution is -0.121. The molecule has 0 spiro atoms. The standard InChI is InChI=1S/C9H15IN4O/c10-8-6-12-14(7-8)5-3-1-2-4-9(15)13-11/h6-7H,1-5,11H2,(H,13,15). The van der Waals surface area contributed by atoms with E-state index in [0.717, 1.165) is 29.4 Å². The van der Waals surface area contributed by atoms with E-state index in [1.165, 1.54) is 0 Å². The summed E-state index contributed by atoms with van der Waals surface area (Å²) in [5.41, 5.74) is 2.12. The van der Waals surface area contributed by atoms with Gasteiger partial charge in [-0.25, -0.2) is 5.84 Å². The second-order valence-corrected chi connectivity index (χ2v) is 4.55. The minimum atomic E-state index is -0.0939. The fourth-order valence-corrected chi connectivity index (χ4v) is 1.72. The number of nitrogens with zero attached hydrogens (tertiary/aromatic N) is 2. The van der Waals surface area contributed by atoms with Crippen molar-refractivity contribution in [3.8, 4) is 0 Å². The van der Waals surface area contributed by atoms with Crippen molar-refractivity contribution in [3.63, 3.8) is 0 Å². The molecule has 1 amide bonds. The Bertz CT molecular complexity index is 313. The van der Waals surface area contributed by atoms with Crippen LogP contribution in [0.2, 0.25) is 0 Å². The zero-order valence-electron chi connectivity index (χ0n) is 8.45. The number of hydrazine groups is 1. The second-order valence-electron chi connectivity index (χ2n) is 3.30. The van der Waals surface area contributed by atoms with Crippen molar-refractivity contribution in [2.45, 2.75) is 32.2 Å². The number of amides is 1. The van der Waals surface area contributed by atoms with Crippen LogP contribution < -0.4 is 11.3 Å². The predicted molar refractivity (Wildman–Crippen MR) is 65.7 cm³/mol. The second kappa shape index (κ2) is 6.78. The highest BCUT2D eigenvalue weighted by Crippen LogP contribution is 2.05. The van der Waals surface area contributed by atoms with Crippen LogP contribution in [0.25, 0.3) is 0 Å². The number of unbranched alkanes of at least 4 members (excludes halogenated alkanes) is 2. The van der Waals surface area contributed by atoms with Crippen LogP contribution in [-0.4, -0.2) is 15.7 Å². The SMILES string of the molecule is NNC(=O)CCCCCn1cc(I)cn1. The fourth-order valence-electron chi connectivity index (χ4n) is 1.27. The number of aryl methyl sites for hydroxylation is 1. The summed E-state index contributed by atoms with van der Waals surface area (Å²) in [5.74, 6) is 4.87. The van der Waals surface area contributed by atoms with Crippen molar-refractivity contribution < 1.29 is 4.79 Å². The lowest BCUT2D eigenvalue weighted by atomic mass is 10.2. The average Bonchev–Trinajstić information content (AvgIpc) is 2.63. The monoisotopic (exact) mass is 322 g/mol. The van der Waals surface area contributed by atoms with Crippen molar-refractivity contribution in [1.29, 1.82) is 0 Å². The van der Waals surface area contributed by atoms with Gasteiger partial charge < -0.3 is 0 Å². The molecular weight excluding hydrogens is 307 g/mol. The van der Waals surface area contributed by atoms with Gasteiger partial charge in [0.05, 0.1) is 9.77 Å². The molecule has 1 aromatic rings. The lowest BCUT2D eigenvalue weighted by Crippen LogP contribution is -2.29. The number of rotatable bonds is 6. The minimum absolute atomic E-state index is 0.0939. The number of carbonyl (C=O) groups is 1. The number of nitrogens with one attached hydrogen (secondary N) is 1. The molecule has 0 aliphatic rings. The third kappa shape index (κ3) is 5.12. The first-order valence-corrected chi connectivity index (χ1v) is 5.97. The van der Waals surface area contributed by atoms with E-state index in [1.807, 2.05) is 17.1 Å². The molecule has 0 aromatic carbocycles. The van der Waals surface area contributed by atoms with Crippen molar-refractivity contribution in [1.82, 2.24) is 15.2 Å². The highest BCUT2D eigenvalue weighted by Gasteiger charge is 1.98. The summed E-state index contributed by atoms with van der Waals surface area (Å²) in [6.07, 6.45) is 7.28. The highest BCUT2D eigenvalue weighted by atomic mass is 127. The van der Waals surface area contributed by atoms with Crippen LogP contribution in [-0.2, 0) is 11.3 Å². The molecule has 0 fully saturated rings. The number of carbonyl (C=O) groups excluding carboxylic acids is 1. The molecule has 3 N–H and O–H groups in total. The van der Waals surface area contributed by atoms with E-state index in [-0.39, 0.29) is 5.91 Å². The Morgan fingerprint density at radius 3 is 2.93 bits per heavy atom. The first-order valence-electron chi connectivity index (χ1n) is 4.90. The highest BCUT2D eigenvalue weighted by molar-refractivity contribution is 14.1. The number of aromatic nitrogens is 2. The van der Waals surface area contributed by atoms with E-state index in [0.29, 0.717) is 6.42 Å². The summed E-state index contributed by atoms with van der Waals surface area (Å²) < 4.78 is 3.07. The summed E-state index contributed by atoms with van der Waals surface area (Å²) in [6.45, 7) is 0.910. The number of hydrogen-bond acceptors (Lipinski definition) is 3. The first kappa shape index (κ1) is 12.4. The van der Waals surface area contributed by atoms with Crippen LogP contribution in [0.1, 0.15) is 25.7 Å². The maximum Gasteiger partial charge on any atom is 0.233 e. The molecule has 1 heterocycles. The number of hydrogen-bond donors (Lipinski definition) is 2. The van der Waals surface area contributed by atoms with Crippen molar-refractivity contribution in [2.24, 2.45) is 5.84 Å². The molecule has 84 valence electrons. The van der Waals surface area contributed by atoms with Crippen LogP contribution in [0.5, 0.6) is 0 Å². The van der Waals surface area contributed by atoms with E-state index in [2.05, 4.69) is 33.1 Å². The van der Waals surface area contributed by atoms with E-state index in [1.54, 1.807) is 0 Å². The fraction of sp³-hybridized carbons (Fsp3) is 0.556.